The lowest BCUT2D eigenvalue weighted by atomic mass is 10.1. The van der Waals surface area contributed by atoms with E-state index < -0.39 is 0 Å². The molecule has 1 aromatic carbocycles. The molecule has 17 heavy (non-hydrogen) atoms. The molecular weight excluding hydrogens is 218 g/mol. The zero-order chi connectivity index (χ0) is 11.7. The maximum atomic E-state index is 8.53. The third-order valence-electron chi connectivity index (χ3n) is 2.65. The van der Waals surface area contributed by atoms with Crippen LogP contribution in [0.3, 0.4) is 0 Å². The van der Waals surface area contributed by atoms with Gasteiger partial charge in [-0.1, -0.05) is 23.4 Å². The summed E-state index contributed by atoms with van der Waals surface area (Å²) in [5.74, 6) is 1.71. The molecule has 0 radical (unpaired) electrons. The maximum Gasteiger partial charge on any atom is 0.240 e. The quantitative estimate of drug-likeness (QED) is 0.782. The summed E-state index contributed by atoms with van der Waals surface area (Å²) in [5.41, 5.74) is 1.14. The number of fused-ring (bicyclic) bond motifs is 1. The normalized spacial score (nSPS) is 17.2. The number of benzene rings is 1. The molecule has 1 aliphatic rings. The van der Waals surface area contributed by atoms with Crippen molar-refractivity contribution in [3.05, 3.63) is 41.5 Å². The van der Waals surface area contributed by atoms with Crippen LogP contribution in [0.2, 0.25) is 0 Å². The van der Waals surface area contributed by atoms with Crippen LogP contribution >= 0.6 is 0 Å². The summed E-state index contributed by atoms with van der Waals surface area (Å²) < 4.78 is 10.7. The van der Waals surface area contributed by atoms with Gasteiger partial charge in [-0.2, -0.15) is 10.2 Å². The van der Waals surface area contributed by atoms with Gasteiger partial charge < -0.3 is 9.26 Å². The maximum absolute atomic E-state index is 8.53. The number of hydrogen-bond acceptors (Lipinski definition) is 5. The van der Waals surface area contributed by atoms with Gasteiger partial charge in [0, 0.05) is 6.42 Å². The monoisotopic (exact) mass is 227 g/mol. The Labute approximate surface area is 97.6 Å². The molecule has 5 nitrogen and oxygen atoms in total. The van der Waals surface area contributed by atoms with Gasteiger partial charge in [-0.05, 0) is 11.6 Å². The van der Waals surface area contributed by atoms with E-state index in [0.717, 1.165) is 17.7 Å². The number of rotatable bonds is 2. The molecule has 2 aromatic rings. The van der Waals surface area contributed by atoms with Crippen molar-refractivity contribution in [2.45, 2.75) is 18.9 Å². The van der Waals surface area contributed by atoms with Crippen molar-refractivity contribution in [2.75, 3.05) is 0 Å². The van der Waals surface area contributed by atoms with E-state index in [2.05, 4.69) is 10.1 Å². The summed E-state index contributed by atoms with van der Waals surface area (Å²) in [6, 6.07) is 9.81. The second kappa shape index (κ2) is 3.91. The zero-order valence-corrected chi connectivity index (χ0v) is 8.96. The highest BCUT2D eigenvalue weighted by molar-refractivity contribution is 5.37. The molecule has 2 heterocycles. The second-order valence-electron chi connectivity index (χ2n) is 3.80. The van der Waals surface area contributed by atoms with Crippen molar-refractivity contribution >= 4 is 0 Å². The van der Waals surface area contributed by atoms with Crippen LogP contribution in [-0.2, 0) is 12.8 Å². The minimum atomic E-state index is -0.205. The van der Waals surface area contributed by atoms with Crippen LogP contribution in [0.4, 0.5) is 0 Å². The first-order valence-corrected chi connectivity index (χ1v) is 5.31. The highest BCUT2D eigenvalue weighted by Gasteiger charge is 2.27. The van der Waals surface area contributed by atoms with Crippen LogP contribution in [-0.4, -0.2) is 10.1 Å². The molecule has 5 heteroatoms. The van der Waals surface area contributed by atoms with Crippen LogP contribution in [0.1, 0.15) is 23.4 Å². The molecule has 1 aromatic heterocycles. The molecular formula is C12H9N3O2. The molecule has 1 atom stereocenters. The highest BCUT2D eigenvalue weighted by Crippen LogP contribution is 2.35. The molecule has 1 unspecified atom stereocenters. The van der Waals surface area contributed by atoms with Gasteiger partial charge >= 0.3 is 0 Å². The average Bonchev–Trinajstić information content (AvgIpc) is 2.94. The van der Waals surface area contributed by atoms with Crippen LogP contribution in [0, 0.1) is 11.3 Å². The van der Waals surface area contributed by atoms with E-state index in [4.69, 9.17) is 14.5 Å². The van der Waals surface area contributed by atoms with E-state index in [1.807, 2.05) is 30.3 Å². The predicted molar refractivity (Wildman–Crippen MR) is 57.1 cm³/mol. The Hall–Kier alpha value is -2.35. The first-order chi connectivity index (χ1) is 8.36. The van der Waals surface area contributed by atoms with Crippen molar-refractivity contribution in [1.82, 2.24) is 10.1 Å². The third kappa shape index (κ3) is 1.74. The van der Waals surface area contributed by atoms with Gasteiger partial charge in [0.2, 0.25) is 11.7 Å². The van der Waals surface area contributed by atoms with Crippen molar-refractivity contribution in [2.24, 2.45) is 0 Å². The Morgan fingerprint density at radius 2 is 2.29 bits per heavy atom. The van der Waals surface area contributed by atoms with Gasteiger partial charge in [0.25, 0.3) is 0 Å². The van der Waals surface area contributed by atoms with Gasteiger partial charge in [0.05, 0.1) is 6.07 Å². The lowest BCUT2D eigenvalue weighted by Gasteiger charge is -2.04. The Morgan fingerprint density at radius 1 is 1.41 bits per heavy atom. The van der Waals surface area contributed by atoms with Crippen LogP contribution in [0.5, 0.6) is 5.75 Å². The number of aromatic nitrogens is 2. The number of para-hydroxylation sites is 1. The fourth-order valence-corrected chi connectivity index (χ4v) is 1.86. The SMILES string of the molecule is N#CCc1nc(C2Cc3ccccc3O2)no1. The number of ether oxygens (including phenoxy) is 1. The topological polar surface area (TPSA) is 71.9 Å². The Bertz CT molecular complexity index is 560. The van der Waals surface area contributed by atoms with E-state index in [1.165, 1.54) is 0 Å². The molecule has 0 bridgehead atoms. The van der Waals surface area contributed by atoms with Crippen molar-refractivity contribution < 1.29 is 9.26 Å². The molecule has 3 rings (SSSR count). The highest BCUT2D eigenvalue weighted by atomic mass is 16.5. The number of nitriles is 1. The molecule has 0 N–H and O–H groups in total. The van der Waals surface area contributed by atoms with E-state index in [9.17, 15) is 0 Å². The fourth-order valence-electron chi connectivity index (χ4n) is 1.86. The van der Waals surface area contributed by atoms with Crippen LogP contribution < -0.4 is 4.74 Å². The van der Waals surface area contributed by atoms with Crippen molar-refractivity contribution in [3.63, 3.8) is 0 Å². The summed E-state index contributed by atoms with van der Waals surface area (Å²) in [5, 5.41) is 12.4. The Kier molecular flexibility index (Phi) is 2.26. The lowest BCUT2D eigenvalue weighted by Crippen LogP contribution is -2.05. The Balaban J connectivity index is 1.82. The number of hydrogen-bond donors (Lipinski definition) is 0. The minimum Gasteiger partial charge on any atom is -0.482 e. The molecule has 1 aliphatic heterocycles. The predicted octanol–water partition coefficient (Wildman–Crippen LogP) is 1.81. The van der Waals surface area contributed by atoms with E-state index in [1.54, 1.807) is 0 Å². The molecule has 0 fully saturated rings. The van der Waals surface area contributed by atoms with E-state index in [0.29, 0.717) is 11.7 Å². The number of nitrogens with zero attached hydrogens (tertiary/aromatic N) is 3. The fraction of sp³-hybridized carbons (Fsp3) is 0.250. The Morgan fingerprint density at radius 3 is 3.12 bits per heavy atom. The van der Waals surface area contributed by atoms with Crippen LogP contribution in [0.25, 0.3) is 0 Å². The smallest absolute Gasteiger partial charge is 0.240 e. The summed E-state index contributed by atoms with van der Waals surface area (Å²) in [6.45, 7) is 0. The van der Waals surface area contributed by atoms with Gasteiger partial charge in [-0.25, -0.2) is 0 Å². The van der Waals surface area contributed by atoms with Crippen molar-refractivity contribution in [1.29, 1.82) is 5.26 Å². The molecule has 84 valence electrons. The second-order valence-corrected chi connectivity index (χ2v) is 3.80. The summed E-state index contributed by atoms with van der Waals surface area (Å²) >= 11 is 0. The molecule has 0 amide bonds. The molecule has 0 aliphatic carbocycles. The average molecular weight is 227 g/mol. The molecule has 0 saturated heterocycles. The summed E-state index contributed by atoms with van der Waals surface area (Å²) in [6.07, 6.45) is 0.664. The van der Waals surface area contributed by atoms with E-state index in [-0.39, 0.29) is 12.5 Å². The summed E-state index contributed by atoms with van der Waals surface area (Å²) in [4.78, 5) is 4.14. The van der Waals surface area contributed by atoms with Gasteiger partial charge in [-0.15, -0.1) is 0 Å². The summed E-state index contributed by atoms with van der Waals surface area (Å²) in [7, 11) is 0. The molecule has 0 spiro atoms. The minimum absolute atomic E-state index is 0.132. The van der Waals surface area contributed by atoms with Crippen LogP contribution in [0.15, 0.2) is 28.8 Å². The standard InChI is InChI=1S/C12H9N3O2/c13-6-5-11-14-12(15-17-11)10-7-8-3-1-2-4-9(8)16-10/h1-4,10H,5,7H2. The van der Waals surface area contributed by atoms with Gasteiger partial charge in [0.1, 0.15) is 12.2 Å². The zero-order valence-electron chi connectivity index (χ0n) is 8.96. The molecule has 0 saturated carbocycles. The van der Waals surface area contributed by atoms with E-state index >= 15 is 0 Å². The van der Waals surface area contributed by atoms with Gasteiger partial charge in [0.15, 0.2) is 6.10 Å². The first-order valence-electron chi connectivity index (χ1n) is 5.31. The first kappa shape index (κ1) is 9.85. The third-order valence-corrected chi connectivity index (χ3v) is 2.65. The van der Waals surface area contributed by atoms with Gasteiger partial charge in [-0.3, -0.25) is 0 Å². The lowest BCUT2D eigenvalue weighted by molar-refractivity contribution is 0.221. The largest absolute Gasteiger partial charge is 0.482 e. The van der Waals surface area contributed by atoms with Crippen molar-refractivity contribution in [3.8, 4) is 11.8 Å².